The second-order valence-electron chi connectivity index (χ2n) is 3.13. The molecule has 0 aliphatic rings. The van der Waals surface area contributed by atoms with Crippen LogP contribution in [0.4, 0.5) is 4.39 Å². The summed E-state index contributed by atoms with van der Waals surface area (Å²) < 4.78 is 12.8. The number of phenolic OH excluding ortho intramolecular Hbond substituents is 1. The maximum Gasteiger partial charge on any atom is 0.145 e. The van der Waals surface area contributed by atoms with E-state index in [9.17, 15) is 14.3 Å². The highest BCUT2D eigenvalue weighted by Gasteiger charge is 2.13. The van der Waals surface area contributed by atoms with Gasteiger partial charge in [0, 0.05) is 12.5 Å². The molecule has 0 saturated heterocycles. The van der Waals surface area contributed by atoms with Crippen molar-refractivity contribution in [2.24, 2.45) is 0 Å². The van der Waals surface area contributed by atoms with Gasteiger partial charge in [0.1, 0.15) is 17.9 Å². The molecule has 1 rings (SSSR count). The molecule has 1 atom stereocenters. The molecule has 0 bridgehead atoms. The van der Waals surface area contributed by atoms with Crippen LogP contribution < -0.4 is 0 Å². The average Bonchev–Trinajstić information content (AvgIpc) is 2.11. The average molecular weight is 217 g/mol. The molecule has 1 aromatic rings. The van der Waals surface area contributed by atoms with Crippen LogP contribution in [0.15, 0.2) is 12.1 Å². The normalized spacial score (nSPS) is 12.5. The fraction of sp³-hybridized carbons (Fsp3) is 0.300. The number of benzene rings is 1. The molecule has 0 aromatic heterocycles. The lowest BCUT2D eigenvalue weighted by Crippen LogP contribution is -1.96. The summed E-state index contributed by atoms with van der Waals surface area (Å²) in [5, 5.41) is 9.35. The number of hydrogen-bond donors (Lipinski definition) is 1. The smallest absolute Gasteiger partial charge is 0.145 e. The van der Waals surface area contributed by atoms with Crippen LogP contribution in [-0.4, -0.2) is 11.4 Å². The fourth-order valence-electron chi connectivity index (χ4n) is 1.22. The van der Waals surface area contributed by atoms with Crippen molar-refractivity contribution in [3.8, 4) is 5.75 Å². The Morgan fingerprint density at radius 3 is 2.86 bits per heavy atom. The Balaban J connectivity index is 3.08. The van der Waals surface area contributed by atoms with E-state index in [0.29, 0.717) is 5.56 Å². The van der Waals surface area contributed by atoms with Crippen molar-refractivity contribution in [3.63, 3.8) is 0 Å². The van der Waals surface area contributed by atoms with Gasteiger partial charge in [0.05, 0.1) is 5.02 Å². The Morgan fingerprint density at radius 2 is 2.29 bits per heavy atom. The zero-order valence-electron chi connectivity index (χ0n) is 7.63. The highest BCUT2D eigenvalue weighted by molar-refractivity contribution is 6.30. The maximum absolute atomic E-state index is 12.8. The van der Waals surface area contributed by atoms with Crippen molar-refractivity contribution in [2.45, 2.75) is 19.3 Å². The fourth-order valence-corrected chi connectivity index (χ4v) is 1.39. The lowest BCUT2D eigenvalue weighted by molar-refractivity contribution is -0.108. The lowest BCUT2D eigenvalue weighted by atomic mass is 9.97. The summed E-state index contributed by atoms with van der Waals surface area (Å²) in [5.74, 6) is -0.988. The molecular weight excluding hydrogens is 207 g/mol. The largest absolute Gasteiger partial charge is 0.508 e. The van der Waals surface area contributed by atoms with E-state index in [0.717, 1.165) is 12.4 Å². The zero-order chi connectivity index (χ0) is 10.7. The van der Waals surface area contributed by atoms with Gasteiger partial charge in [-0.15, -0.1) is 0 Å². The predicted molar refractivity (Wildman–Crippen MR) is 52.2 cm³/mol. The van der Waals surface area contributed by atoms with Crippen LogP contribution in [0.1, 0.15) is 24.8 Å². The standard InChI is InChI=1S/C10H10ClFO2/c1-6(2-3-13)7-4-8(11)9(12)5-10(7)14/h3-6,14H,2H2,1H3. The number of carbonyl (C=O) groups excluding carboxylic acids is 1. The SMILES string of the molecule is CC(CC=O)c1cc(Cl)c(F)cc1O. The molecule has 14 heavy (non-hydrogen) atoms. The second-order valence-corrected chi connectivity index (χ2v) is 3.54. The van der Waals surface area contributed by atoms with Crippen LogP contribution in [0.2, 0.25) is 5.02 Å². The number of aldehydes is 1. The first-order valence-corrected chi connectivity index (χ1v) is 4.55. The molecule has 0 aliphatic carbocycles. The van der Waals surface area contributed by atoms with E-state index < -0.39 is 5.82 Å². The third-order valence-corrected chi connectivity index (χ3v) is 2.34. The first-order valence-electron chi connectivity index (χ1n) is 4.17. The number of aromatic hydroxyl groups is 1. The van der Waals surface area contributed by atoms with Crippen molar-refractivity contribution in [1.29, 1.82) is 0 Å². The van der Waals surface area contributed by atoms with Gasteiger partial charge in [-0.25, -0.2) is 4.39 Å². The number of rotatable bonds is 3. The molecule has 0 heterocycles. The predicted octanol–water partition coefficient (Wildman–Crippen LogP) is 2.88. The summed E-state index contributed by atoms with van der Waals surface area (Å²) >= 11 is 5.56. The van der Waals surface area contributed by atoms with Crippen LogP contribution in [0.5, 0.6) is 5.75 Å². The Labute approximate surface area is 86.3 Å². The minimum Gasteiger partial charge on any atom is -0.508 e. The molecule has 0 fully saturated rings. The summed E-state index contributed by atoms with van der Waals surface area (Å²) in [6, 6.07) is 2.30. The third-order valence-electron chi connectivity index (χ3n) is 2.05. The van der Waals surface area contributed by atoms with Gasteiger partial charge in [-0.05, 0) is 17.5 Å². The van der Waals surface area contributed by atoms with Crippen molar-refractivity contribution in [2.75, 3.05) is 0 Å². The molecule has 0 spiro atoms. The van der Waals surface area contributed by atoms with Gasteiger partial charge < -0.3 is 9.90 Å². The molecule has 0 radical (unpaired) electrons. The molecule has 1 aromatic carbocycles. The van der Waals surface area contributed by atoms with E-state index in [1.54, 1.807) is 6.92 Å². The Morgan fingerprint density at radius 1 is 1.64 bits per heavy atom. The van der Waals surface area contributed by atoms with Gasteiger partial charge in [0.15, 0.2) is 0 Å². The first-order chi connectivity index (χ1) is 6.56. The summed E-state index contributed by atoms with van der Waals surface area (Å²) in [6.45, 7) is 1.76. The van der Waals surface area contributed by atoms with Crippen molar-refractivity contribution in [3.05, 3.63) is 28.5 Å². The van der Waals surface area contributed by atoms with Crippen molar-refractivity contribution in [1.82, 2.24) is 0 Å². The van der Waals surface area contributed by atoms with Crippen LogP contribution in [0, 0.1) is 5.82 Å². The van der Waals surface area contributed by atoms with Crippen LogP contribution in [-0.2, 0) is 4.79 Å². The monoisotopic (exact) mass is 216 g/mol. The van der Waals surface area contributed by atoms with Gasteiger partial charge in [0.25, 0.3) is 0 Å². The van der Waals surface area contributed by atoms with Gasteiger partial charge in [-0.2, -0.15) is 0 Å². The number of carbonyl (C=O) groups is 1. The van der Waals surface area contributed by atoms with Gasteiger partial charge in [-0.3, -0.25) is 0 Å². The maximum atomic E-state index is 12.8. The molecule has 76 valence electrons. The minimum atomic E-state index is -0.661. The quantitative estimate of drug-likeness (QED) is 0.789. The van der Waals surface area contributed by atoms with Gasteiger partial charge in [-0.1, -0.05) is 18.5 Å². The Kier molecular flexibility index (Phi) is 3.47. The van der Waals surface area contributed by atoms with E-state index in [1.807, 2.05) is 0 Å². The van der Waals surface area contributed by atoms with E-state index in [2.05, 4.69) is 0 Å². The molecular formula is C10H10ClFO2. The summed E-state index contributed by atoms with van der Waals surface area (Å²) in [6.07, 6.45) is 1.02. The summed E-state index contributed by atoms with van der Waals surface area (Å²) in [5.41, 5.74) is 0.489. The molecule has 0 aliphatic heterocycles. The van der Waals surface area contributed by atoms with Crippen LogP contribution in [0.25, 0.3) is 0 Å². The molecule has 1 N–H and O–H groups in total. The van der Waals surface area contributed by atoms with Crippen LogP contribution in [0.3, 0.4) is 0 Å². The molecule has 0 saturated carbocycles. The van der Waals surface area contributed by atoms with Gasteiger partial charge >= 0.3 is 0 Å². The topological polar surface area (TPSA) is 37.3 Å². The lowest BCUT2D eigenvalue weighted by Gasteiger charge is -2.11. The summed E-state index contributed by atoms with van der Waals surface area (Å²) in [4.78, 5) is 10.3. The Bertz CT molecular complexity index is 352. The Hall–Kier alpha value is -1.09. The third kappa shape index (κ3) is 2.23. The molecule has 4 heteroatoms. The molecule has 0 amide bonds. The number of hydrogen-bond acceptors (Lipinski definition) is 2. The summed E-state index contributed by atoms with van der Waals surface area (Å²) in [7, 11) is 0. The minimum absolute atomic E-state index is 0.0458. The van der Waals surface area contributed by atoms with Crippen LogP contribution >= 0.6 is 11.6 Å². The van der Waals surface area contributed by atoms with E-state index in [-0.39, 0.29) is 23.1 Å². The number of phenols is 1. The zero-order valence-corrected chi connectivity index (χ0v) is 8.38. The highest BCUT2D eigenvalue weighted by atomic mass is 35.5. The number of halogens is 2. The molecule has 1 unspecified atom stereocenters. The van der Waals surface area contributed by atoms with E-state index in [4.69, 9.17) is 11.6 Å². The van der Waals surface area contributed by atoms with E-state index >= 15 is 0 Å². The van der Waals surface area contributed by atoms with Gasteiger partial charge in [0.2, 0.25) is 0 Å². The molecule has 2 nitrogen and oxygen atoms in total. The first kappa shape index (κ1) is 11.0. The second kappa shape index (κ2) is 4.42. The highest BCUT2D eigenvalue weighted by Crippen LogP contribution is 2.31. The van der Waals surface area contributed by atoms with E-state index in [1.165, 1.54) is 6.07 Å². The van der Waals surface area contributed by atoms with Crippen molar-refractivity contribution < 1.29 is 14.3 Å². The van der Waals surface area contributed by atoms with Crippen molar-refractivity contribution >= 4 is 17.9 Å².